The van der Waals surface area contributed by atoms with E-state index in [4.69, 9.17) is 21.1 Å². The van der Waals surface area contributed by atoms with Crippen molar-refractivity contribution in [2.75, 3.05) is 19.0 Å². The van der Waals surface area contributed by atoms with Crippen LogP contribution in [-0.4, -0.2) is 25.6 Å². The number of hydrogen-bond acceptors (Lipinski definition) is 5. The average molecular weight is 380 g/mol. The van der Waals surface area contributed by atoms with Crippen molar-refractivity contribution in [1.82, 2.24) is 0 Å². The summed E-state index contributed by atoms with van der Waals surface area (Å²) in [5.41, 5.74) is 1.80. The molecule has 7 heteroatoms. The highest BCUT2D eigenvalue weighted by Gasteiger charge is 2.28. The van der Waals surface area contributed by atoms with Crippen molar-refractivity contribution >= 4 is 39.8 Å². The van der Waals surface area contributed by atoms with Gasteiger partial charge >= 0.3 is 5.97 Å². The number of anilines is 1. The molecule has 3 rings (SSSR count). The Bertz CT molecular complexity index is 831. The van der Waals surface area contributed by atoms with Crippen LogP contribution < -0.4 is 10.1 Å². The van der Waals surface area contributed by atoms with Gasteiger partial charge in [-0.3, -0.25) is 4.79 Å². The SMILES string of the molecule is CCOC(=O)c1c(NC(=O)c2cc(Cl)ccc2OC)sc2c1CCC2. The van der Waals surface area contributed by atoms with Crippen molar-refractivity contribution in [2.24, 2.45) is 0 Å². The molecule has 0 fully saturated rings. The first-order valence-corrected chi connectivity index (χ1v) is 9.21. The van der Waals surface area contributed by atoms with Gasteiger partial charge in [0.1, 0.15) is 10.8 Å². The zero-order valence-corrected chi connectivity index (χ0v) is 15.6. The number of methoxy groups -OCH3 is 1. The maximum absolute atomic E-state index is 12.7. The largest absolute Gasteiger partial charge is 0.496 e. The molecule has 0 saturated carbocycles. The fraction of sp³-hybridized carbons (Fsp3) is 0.333. The van der Waals surface area contributed by atoms with Gasteiger partial charge in [0.15, 0.2) is 0 Å². The van der Waals surface area contributed by atoms with Crippen LogP contribution >= 0.6 is 22.9 Å². The number of halogens is 1. The minimum atomic E-state index is -0.393. The number of carbonyl (C=O) groups excluding carboxylic acids is 2. The Hall–Kier alpha value is -2.05. The van der Waals surface area contributed by atoms with Crippen LogP contribution in [0.2, 0.25) is 5.02 Å². The number of fused-ring (bicyclic) bond motifs is 1. The number of aryl methyl sites for hydroxylation is 1. The van der Waals surface area contributed by atoms with E-state index in [1.165, 1.54) is 18.4 Å². The number of hydrogen-bond donors (Lipinski definition) is 1. The highest BCUT2D eigenvalue weighted by atomic mass is 35.5. The van der Waals surface area contributed by atoms with E-state index < -0.39 is 5.97 Å². The fourth-order valence-corrected chi connectivity index (χ4v) is 4.38. The number of amides is 1. The molecule has 1 aliphatic rings. The number of thiophene rings is 1. The minimum Gasteiger partial charge on any atom is -0.496 e. The Morgan fingerprint density at radius 2 is 2.12 bits per heavy atom. The quantitative estimate of drug-likeness (QED) is 0.785. The molecule has 1 amide bonds. The van der Waals surface area contributed by atoms with Gasteiger partial charge in [-0.1, -0.05) is 11.6 Å². The van der Waals surface area contributed by atoms with Crippen molar-refractivity contribution in [2.45, 2.75) is 26.2 Å². The molecule has 0 atom stereocenters. The van der Waals surface area contributed by atoms with E-state index in [0.717, 1.165) is 29.7 Å². The van der Waals surface area contributed by atoms with Gasteiger partial charge in [-0.15, -0.1) is 11.3 Å². The third-order valence-electron chi connectivity index (χ3n) is 4.03. The van der Waals surface area contributed by atoms with Gasteiger partial charge in [-0.05, 0) is 49.9 Å². The highest BCUT2D eigenvalue weighted by molar-refractivity contribution is 7.17. The molecule has 0 radical (unpaired) electrons. The average Bonchev–Trinajstić information content (AvgIpc) is 3.15. The number of carbonyl (C=O) groups is 2. The van der Waals surface area contributed by atoms with E-state index in [-0.39, 0.29) is 5.91 Å². The first kappa shape index (κ1) is 17.8. The Balaban J connectivity index is 1.94. The molecule has 1 aromatic carbocycles. The summed E-state index contributed by atoms with van der Waals surface area (Å²) in [4.78, 5) is 26.2. The number of ether oxygens (including phenoxy) is 2. The smallest absolute Gasteiger partial charge is 0.341 e. The van der Waals surface area contributed by atoms with Gasteiger partial charge in [-0.25, -0.2) is 4.79 Å². The van der Waals surface area contributed by atoms with Gasteiger partial charge in [-0.2, -0.15) is 0 Å². The molecule has 1 aliphatic carbocycles. The van der Waals surface area contributed by atoms with Gasteiger partial charge in [0.05, 0.1) is 24.8 Å². The van der Waals surface area contributed by atoms with E-state index in [1.54, 1.807) is 25.1 Å². The molecule has 0 saturated heterocycles. The molecule has 5 nitrogen and oxygen atoms in total. The van der Waals surface area contributed by atoms with E-state index in [1.807, 2.05) is 0 Å². The summed E-state index contributed by atoms with van der Waals surface area (Å²) in [6, 6.07) is 4.83. The molecule has 1 aromatic heterocycles. The monoisotopic (exact) mass is 379 g/mol. The third kappa shape index (κ3) is 3.50. The topological polar surface area (TPSA) is 64.6 Å². The van der Waals surface area contributed by atoms with E-state index >= 15 is 0 Å². The van der Waals surface area contributed by atoms with Crippen molar-refractivity contribution in [3.63, 3.8) is 0 Å². The van der Waals surface area contributed by atoms with Crippen molar-refractivity contribution in [3.8, 4) is 5.75 Å². The minimum absolute atomic E-state index is 0.291. The lowest BCUT2D eigenvalue weighted by Gasteiger charge is -2.10. The second-order valence-corrected chi connectivity index (χ2v) is 7.12. The van der Waals surface area contributed by atoms with Crippen LogP contribution in [0.4, 0.5) is 5.00 Å². The summed E-state index contributed by atoms with van der Waals surface area (Å²) < 4.78 is 10.4. The highest BCUT2D eigenvalue weighted by Crippen LogP contribution is 2.40. The molecule has 1 N–H and O–H groups in total. The first-order chi connectivity index (χ1) is 12.0. The molecule has 0 unspecified atom stereocenters. The molecular formula is C18H18ClNO4S. The lowest BCUT2D eigenvalue weighted by Crippen LogP contribution is -2.16. The standard InChI is InChI=1S/C18H18ClNO4S/c1-3-24-18(22)15-11-5-4-6-14(11)25-17(15)20-16(21)12-9-10(19)7-8-13(12)23-2/h7-9H,3-6H2,1-2H3,(H,20,21). The number of esters is 1. The number of benzene rings is 1. The summed E-state index contributed by atoms with van der Waals surface area (Å²) in [5.74, 6) is -0.344. The van der Waals surface area contributed by atoms with Crippen molar-refractivity contribution < 1.29 is 19.1 Å². The van der Waals surface area contributed by atoms with E-state index in [0.29, 0.717) is 33.5 Å². The van der Waals surface area contributed by atoms with Crippen LogP contribution in [0, 0.1) is 0 Å². The maximum atomic E-state index is 12.7. The Morgan fingerprint density at radius 1 is 1.32 bits per heavy atom. The summed E-state index contributed by atoms with van der Waals surface area (Å²) in [6.07, 6.45) is 2.77. The van der Waals surface area contributed by atoms with Gasteiger partial charge < -0.3 is 14.8 Å². The Kier molecular flexibility index (Phi) is 5.30. The molecule has 0 aliphatic heterocycles. The molecule has 2 aromatic rings. The third-order valence-corrected chi connectivity index (χ3v) is 5.48. The van der Waals surface area contributed by atoms with Crippen LogP contribution in [0.25, 0.3) is 0 Å². The van der Waals surface area contributed by atoms with Gasteiger partial charge in [0.2, 0.25) is 0 Å². The van der Waals surface area contributed by atoms with E-state index in [9.17, 15) is 9.59 Å². The molecule has 0 spiro atoms. The zero-order valence-electron chi connectivity index (χ0n) is 14.0. The first-order valence-electron chi connectivity index (χ1n) is 8.01. The Morgan fingerprint density at radius 3 is 2.84 bits per heavy atom. The molecule has 25 heavy (non-hydrogen) atoms. The summed E-state index contributed by atoms with van der Waals surface area (Å²) in [7, 11) is 1.49. The second kappa shape index (κ2) is 7.45. The Labute approximate surface area is 154 Å². The molecule has 1 heterocycles. The summed E-state index contributed by atoms with van der Waals surface area (Å²) in [6.45, 7) is 2.05. The number of rotatable bonds is 5. The summed E-state index contributed by atoms with van der Waals surface area (Å²) in [5, 5.41) is 3.80. The van der Waals surface area contributed by atoms with Crippen LogP contribution in [0.5, 0.6) is 5.75 Å². The van der Waals surface area contributed by atoms with Crippen LogP contribution in [0.15, 0.2) is 18.2 Å². The molecular weight excluding hydrogens is 362 g/mol. The second-order valence-electron chi connectivity index (χ2n) is 5.58. The number of nitrogens with one attached hydrogen (secondary N) is 1. The summed E-state index contributed by atoms with van der Waals surface area (Å²) >= 11 is 7.43. The predicted molar refractivity (Wildman–Crippen MR) is 98.3 cm³/mol. The van der Waals surface area contributed by atoms with Gasteiger partial charge in [0.25, 0.3) is 5.91 Å². The van der Waals surface area contributed by atoms with Crippen LogP contribution in [0.3, 0.4) is 0 Å². The molecule has 132 valence electrons. The van der Waals surface area contributed by atoms with Crippen molar-refractivity contribution in [1.29, 1.82) is 0 Å². The maximum Gasteiger partial charge on any atom is 0.341 e. The lowest BCUT2D eigenvalue weighted by atomic mass is 10.1. The van der Waals surface area contributed by atoms with E-state index in [2.05, 4.69) is 5.32 Å². The fourth-order valence-electron chi connectivity index (χ4n) is 2.94. The van der Waals surface area contributed by atoms with Gasteiger partial charge in [0, 0.05) is 9.90 Å². The van der Waals surface area contributed by atoms with Crippen LogP contribution in [-0.2, 0) is 17.6 Å². The van der Waals surface area contributed by atoms with Crippen molar-refractivity contribution in [3.05, 3.63) is 44.8 Å². The predicted octanol–water partition coefficient (Wildman–Crippen LogP) is 4.33. The molecule has 0 bridgehead atoms. The zero-order chi connectivity index (χ0) is 18.0. The normalized spacial score (nSPS) is 12.6. The lowest BCUT2D eigenvalue weighted by molar-refractivity contribution is 0.0527. The van der Waals surface area contributed by atoms with Crippen LogP contribution in [0.1, 0.15) is 44.5 Å².